The van der Waals surface area contributed by atoms with Gasteiger partial charge in [-0.1, -0.05) is 67.6 Å². The summed E-state index contributed by atoms with van der Waals surface area (Å²) in [6, 6.07) is 20.4. The minimum Gasteiger partial charge on any atom is -0.377 e. The highest BCUT2D eigenvalue weighted by atomic mass is 16.6. The lowest BCUT2D eigenvalue weighted by molar-refractivity contribution is -0.109. The molecule has 0 bridgehead atoms. The summed E-state index contributed by atoms with van der Waals surface area (Å²) in [5, 5.41) is 9.74. The summed E-state index contributed by atoms with van der Waals surface area (Å²) in [7, 11) is 0. The molecule has 0 spiro atoms. The lowest BCUT2D eigenvalue weighted by Crippen LogP contribution is -2.25. The van der Waals surface area contributed by atoms with E-state index in [0.29, 0.717) is 32.2 Å². The fourth-order valence-electron chi connectivity index (χ4n) is 3.44. The van der Waals surface area contributed by atoms with Gasteiger partial charge in [0, 0.05) is 19.4 Å². The fourth-order valence-corrected chi connectivity index (χ4v) is 3.44. The van der Waals surface area contributed by atoms with E-state index in [-0.39, 0.29) is 12.2 Å². The molecule has 1 unspecified atom stereocenters. The van der Waals surface area contributed by atoms with Crippen molar-refractivity contribution in [2.45, 2.75) is 57.9 Å². The van der Waals surface area contributed by atoms with Crippen LogP contribution < -0.4 is 0 Å². The molecular formula is C23H30O4. The third kappa shape index (κ3) is 6.74. The zero-order chi connectivity index (χ0) is 18.9. The van der Waals surface area contributed by atoms with Crippen LogP contribution in [0.4, 0.5) is 0 Å². The topological polar surface area (TPSA) is 47.9 Å². The summed E-state index contributed by atoms with van der Waals surface area (Å²) >= 11 is 0. The van der Waals surface area contributed by atoms with Crippen LogP contribution in [0, 0.1) is 5.92 Å². The van der Waals surface area contributed by atoms with Gasteiger partial charge in [0.1, 0.15) is 0 Å². The minimum absolute atomic E-state index is 0.0369. The van der Waals surface area contributed by atoms with Crippen molar-refractivity contribution in [3.05, 3.63) is 71.8 Å². The Balaban J connectivity index is 1.48. The van der Waals surface area contributed by atoms with Crippen LogP contribution in [0.25, 0.3) is 0 Å². The minimum atomic E-state index is -0.644. The second kappa shape index (κ2) is 10.6. The second-order valence-corrected chi connectivity index (χ2v) is 7.32. The third-order valence-corrected chi connectivity index (χ3v) is 5.06. The van der Waals surface area contributed by atoms with E-state index in [1.807, 2.05) is 36.4 Å². The van der Waals surface area contributed by atoms with Gasteiger partial charge < -0.3 is 19.3 Å². The molecule has 146 valence electrons. The van der Waals surface area contributed by atoms with E-state index in [2.05, 4.69) is 31.2 Å². The van der Waals surface area contributed by atoms with Gasteiger partial charge in [0.15, 0.2) is 6.29 Å². The summed E-state index contributed by atoms with van der Waals surface area (Å²) in [5.74, 6) is 0.341. The van der Waals surface area contributed by atoms with E-state index >= 15 is 0 Å². The molecule has 4 nitrogen and oxygen atoms in total. The van der Waals surface area contributed by atoms with Gasteiger partial charge in [0.2, 0.25) is 0 Å². The molecule has 27 heavy (non-hydrogen) atoms. The molecule has 1 aliphatic heterocycles. The summed E-state index contributed by atoms with van der Waals surface area (Å²) < 4.78 is 17.7. The monoisotopic (exact) mass is 370 g/mol. The maximum atomic E-state index is 9.74. The zero-order valence-corrected chi connectivity index (χ0v) is 16.0. The van der Waals surface area contributed by atoms with Gasteiger partial charge in [-0.25, -0.2) is 0 Å². The molecule has 1 heterocycles. The van der Waals surface area contributed by atoms with Gasteiger partial charge in [0.05, 0.1) is 25.4 Å². The highest BCUT2D eigenvalue weighted by Gasteiger charge is 2.32. The Morgan fingerprint density at radius 3 is 2.22 bits per heavy atom. The van der Waals surface area contributed by atoms with Crippen LogP contribution in [0.2, 0.25) is 0 Å². The summed E-state index contributed by atoms with van der Waals surface area (Å²) in [4.78, 5) is 0. The van der Waals surface area contributed by atoms with Gasteiger partial charge in [-0.05, 0) is 23.5 Å². The third-order valence-electron chi connectivity index (χ3n) is 5.06. The maximum Gasteiger partial charge on any atom is 0.155 e. The Hall–Kier alpha value is -1.72. The van der Waals surface area contributed by atoms with Crippen LogP contribution in [-0.4, -0.2) is 30.2 Å². The number of ether oxygens (including phenoxy) is 3. The Morgan fingerprint density at radius 2 is 1.63 bits per heavy atom. The number of aliphatic hydroxyl groups excluding tert-OH is 1. The first kappa shape index (κ1) is 20.0. The maximum absolute atomic E-state index is 9.74. The zero-order valence-electron chi connectivity index (χ0n) is 16.0. The molecule has 0 radical (unpaired) electrons. The van der Waals surface area contributed by atoms with E-state index in [9.17, 15) is 5.11 Å². The van der Waals surface area contributed by atoms with Gasteiger partial charge in [-0.15, -0.1) is 0 Å². The largest absolute Gasteiger partial charge is 0.377 e. The van der Waals surface area contributed by atoms with Crippen LogP contribution in [0.15, 0.2) is 60.7 Å². The first-order valence-electron chi connectivity index (χ1n) is 9.81. The molecule has 3 rings (SSSR count). The van der Waals surface area contributed by atoms with E-state index in [1.54, 1.807) is 0 Å². The number of hydrogen-bond acceptors (Lipinski definition) is 4. The Kier molecular flexibility index (Phi) is 7.84. The second-order valence-electron chi connectivity index (χ2n) is 7.32. The predicted molar refractivity (Wildman–Crippen MR) is 105 cm³/mol. The molecule has 1 saturated heterocycles. The Morgan fingerprint density at radius 1 is 1.00 bits per heavy atom. The molecule has 1 fully saturated rings. The summed E-state index contributed by atoms with van der Waals surface area (Å²) in [6.45, 7) is 3.95. The van der Waals surface area contributed by atoms with Crippen molar-refractivity contribution in [1.29, 1.82) is 0 Å². The number of rotatable bonds is 10. The highest BCUT2D eigenvalue weighted by molar-refractivity contribution is 5.14. The van der Waals surface area contributed by atoms with E-state index < -0.39 is 6.29 Å². The predicted octanol–water partition coefficient (Wildman–Crippen LogP) is 4.31. The first-order valence-corrected chi connectivity index (χ1v) is 9.81. The van der Waals surface area contributed by atoms with Crippen molar-refractivity contribution in [2.24, 2.45) is 5.92 Å². The van der Waals surface area contributed by atoms with Crippen molar-refractivity contribution >= 4 is 0 Å². The summed E-state index contributed by atoms with van der Waals surface area (Å²) in [5.41, 5.74) is 2.34. The van der Waals surface area contributed by atoms with Crippen molar-refractivity contribution in [3.63, 3.8) is 0 Å². The number of benzene rings is 2. The van der Waals surface area contributed by atoms with Crippen LogP contribution in [-0.2, 0) is 27.4 Å². The van der Waals surface area contributed by atoms with E-state index in [4.69, 9.17) is 14.2 Å². The highest BCUT2D eigenvalue weighted by Crippen LogP contribution is 2.29. The van der Waals surface area contributed by atoms with Crippen molar-refractivity contribution < 1.29 is 19.3 Å². The lowest BCUT2D eigenvalue weighted by Gasteiger charge is -2.23. The van der Waals surface area contributed by atoms with E-state index in [1.165, 1.54) is 5.56 Å². The molecule has 0 aromatic heterocycles. The lowest BCUT2D eigenvalue weighted by atomic mass is 9.97. The van der Waals surface area contributed by atoms with Crippen LogP contribution >= 0.6 is 0 Å². The standard InChI is InChI=1S/C23H30O4/c1-18-14-23(24)27-22(18)15-21(26-17-20-10-6-3-7-11-20)12-13-25-16-19-8-4-2-5-9-19/h2-11,18,21-24H,12-17H2,1H3/t18-,21+,22+,23?/m0/s1. The molecule has 0 amide bonds. The molecule has 2 aromatic carbocycles. The van der Waals surface area contributed by atoms with E-state index in [0.717, 1.165) is 18.4 Å². The quantitative estimate of drug-likeness (QED) is 0.633. The SMILES string of the molecule is C[C@H]1CC(O)O[C@@H]1C[C@@H](CCOCc1ccccc1)OCc1ccccc1. The molecule has 1 aliphatic rings. The van der Waals surface area contributed by atoms with Crippen LogP contribution in [0.3, 0.4) is 0 Å². The van der Waals surface area contributed by atoms with Crippen LogP contribution in [0.5, 0.6) is 0 Å². The molecular weight excluding hydrogens is 340 g/mol. The van der Waals surface area contributed by atoms with Gasteiger partial charge in [-0.3, -0.25) is 0 Å². The average molecular weight is 370 g/mol. The molecule has 4 atom stereocenters. The van der Waals surface area contributed by atoms with Crippen molar-refractivity contribution in [1.82, 2.24) is 0 Å². The Bertz CT molecular complexity index is 646. The smallest absolute Gasteiger partial charge is 0.155 e. The van der Waals surface area contributed by atoms with Crippen molar-refractivity contribution in [2.75, 3.05) is 6.61 Å². The molecule has 2 aromatic rings. The van der Waals surface area contributed by atoms with Gasteiger partial charge in [-0.2, -0.15) is 0 Å². The molecule has 0 aliphatic carbocycles. The summed E-state index contributed by atoms with van der Waals surface area (Å²) in [6.07, 6.45) is 1.71. The first-order chi connectivity index (χ1) is 13.2. The number of aliphatic hydroxyl groups is 1. The number of hydrogen-bond donors (Lipinski definition) is 1. The molecule has 1 N–H and O–H groups in total. The normalized spacial score (nSPS) is 23.4. The molecule has 4 heteroatoms. The average Bonchev–Trinajstić information content (AvgIpc) is 3.01. The van der Waals surface area contributed by atoms with Crippen molar-refractivity contribution in [3.8, 4) is 0 Å². The van der Waals surface area contributed by atoms with Gasteiger partial charge >= 0.3 is 0 Å². The Labute approximate surface area is 162 Å². The van der Waals surface area contributed by atoms with Gasteiger partial charge in [0.25, 0.3) is 0 Å². The fraction of sp³-hybridized carbons (Fsp3) is 0.478. The molecule has 0 saturated carbocycles. The van der Waals surface area contributed by atoms with Crippen LogP contribution in [0.1, 0.15) is 37.3 Å².